The van der Waals surface area contributed by atoms with Crippen molar-refractivity contribution in [2.75, 3.05) is 6.61 Å². The van der Waals surface area contributed by atoms with Crippen LogP contribution in [0.5, 0.6) is 5.75 Å². The molecule has 0 bridgehead atoms. The molecule has 0 saturated carbocycles. The van der Waals surface area contributed by atoms with Crippen LogP contribution < -0.4 is 4.74 Å². The van der Waals surface area contributed by atoms with Crippen LogP contribution in [0.15, 0.2) is 72.9 Å². The first-order chi connectivity index (χ1) is 12.1. The van der Waals surface area contributed by atoms with Gasteiger partial charge in [0.05, 0.1) is 6.61 Å². The van der Waals surface area contributed by atoms with Gasteiger partial charge in [0, 0.05) is 0 Å². The van der Waals surface area contributed by atoms with Gasteiger partial charge in [0.25, 0.3) is 0 Å². The molecule has 1 rings (SSSR count). The number of benzene rings is 1. The number of hydrogen-bond donors (Lipinski definition) is 0. The maximum Gasteiger partial charge on any atom is 0.119 e. The maximum atomic E-state index is 5.77. The standard InChI is InChI=1S/C24H34O/c1-5-6-9-12-21(2)13-10-7-8-11-14-22(3)19-20-25-24-17-15-23(4)16-18-24/h6-11,13-18,21-22H,5,12,19-20H2,1-4H3/b8-7-,9-6-,13-10+,14-11+/t21?,22-/m1/s1. The molecule has 2 atom stereocenters. The molecule has 1 nitrogen and oxygen atoms in total. The number of aryl methyl sites for hydroxylation is 1. The molecule has 0 aromatic heterocycles. The summed E-state index contributed by atoms with van der Waals surface area (Å²) in [5.74, 6) is 2.06. The van der Waals surface area contributed by atoms with Gasteiger partial charge in [0.15, 0.2) is 0 Å². The summed E-state index contributed by atoms with van der Waals surface area (Å²) >= 11 is 0. The molecule has 0 aliphatic carbocycles. The maximum absolute atomic E-state index is 5.77. The highest BCUT2D eigenvalue weighted by atomic mass is 16.5. The first-order valence-electron chi connectivity index (χ1n) is 9.48. The van der Waals surface area contributed by atoms with Crippen molar-refractivity contribution < 1.29 is 4.74 Å². The lowest BCUT2D eigenvalue weighted by Gasteiger charge is -2.08. The summed E-state index contributed by atoms with van der Waals surface area (Å²) < 4.78 is 5.77. The van der Waals surface area contributed by atoms with Crippen molar-refractivity contribution in [2.24, 2.45) is 11.8 Å². The third-order valence-corrected chi connectivity index (χ3v) is 3.99. The molecule has 0 heterocycles. The molecular weight excluding hydrogens is 304 g/mol. The Hall–Kier alpha value is -2.02. The van der Waals surface area contributed by atoms with E-state index in [1.165, 1.54) is 5.56 Å². The minimum Gasteiger partial charge on any atom is -0.494 e. The van der Waals surface area contributed by atoms with E-state index in [-0.39, 0.29) is 0 Å². The van der Waals surface area contributed by atoms with Crippen LogP contribution in [0.25, 0.3) is 0 Å². The molecule has 0 spiro atoms. The van der Waals surface area contributed by atoms with E-state index in [2.05, 4.69) is 88.4 Å². The Bertz CT molecular complexity index is 560. The van der Waals surface area contributed by atoms with Gasteiger partial charge in [-0.25, -0.2) is 0 Å². The first-order valence-corrected chi connectivity index (χ1v) is 9.48. The van der Waals surface area contributed by atoms with Crippen LogP contribution in [0, 0.1) is 18.8 Å². The largest absolute Gasteiger partial charge is 0.494 e. The predicted molar refractivity (Wildman–Crippen MR) is 111 cm³/mol. The van der Waals surface area contributed by atoms with Crippen molar-refractivity contribution in [2.45, 2.75) is 47.0 Å². The molecule has 136 valence electrons. The SMILES string of the molecule is CC/C=C\CC(C)/C=C/C=C\C=C\[C@@H](C)CCOc1ccc(C)cc1. The Morgan fingerprint density at radius 2 is 1.52 bits per heavy atom. The van der Waals surface area contributed by atoms with Crippen molar-refractivity contribution in [1.82, 2.24) is 0 Å². The van der Waals surface area contributed by atoms with E-state index in [0.29, 0.717) is 11.8 Å². The van der Waals surface area contributed by atoms with E-state index >= 15 is 0 Å². The van der Waals surface area contributed by atoms with Gasteiger partial charge < -0.3 is 4.74 Å². The molecule has 1 heteroatoms. The van der Waals surface area contributed by atoms with E-state index < -0.39 is 0 Å². The first kappa shape index (κ1) is 21.0. The second kappa shape index (κ2) is 13.3. The van der Waals surface area contributed by atoms with E-state index in [9.17, 15) is 0 Å². The lowest BCUT2D eigenvalue weighted by atomic mass is 10.1. The molecule has 1 aromatic carbocycles. The Morgan fingerprint density at radius 3 is 2.16 bits per heavy atom. The topological polar surface area (TPSA) is 9.23 Å². The second-order valence-electron chi connectivity index (χ2n) is 6.67. The van der Waals surface area contributed by atoms with Crippen molar-refractivity contribution >= 4 is 0 Å². The van der Waals surface area contributed by atoms with Gasteiger partial charge >= 0.3 is 0 Å². The van der Waals surface area contributed by atoms with Crippen molar-refractivity contribution in [3.8, 4) is 5.75 Å². The second-order valence-corrected chi connectivity index (χ2v) is 6.67. The summed E-state index contributed by atoms with van der Waals surface area (Å²) in [4.78, 5) is 0. The number of allylic oxidation sites excluding steroid dienone is 8. The average Bonchev–Trinajstić information content (AvgIpc) is 2.60. The summed E-state index contributed by atoms with van der Waals surface area (Å²) in [6.07, 6.45) is 20.7. The van der Waals surface area contributed by atoms with E-state index in [1.54, 1.807) is 0 Å². The zero-order valence-corrected chi connectivity index (χ0v) is 16.3. The summed E-state index contributed by atoms with van der Waals surface area (Å²) in [6.45, 7) is 9.48. The van der Waals surface area contributed by atoms with Crippen LogP contribution in [-0.2, 0) is 0 Å². The molecular formula is C24H34O. The van der Waals surface area contributed by atoms with Crippen LogP contribution in [0.1, 0.15) is 45.6 Å². The van der Waals surface area contributed by atoms with Crippen LogP contribution >= 0.6 is 0 Å². The number of hydrogen-bond acceptors (Lipinski definition) is 1. The zero-order valence-electron chi connectivity index (χ0n) is 16.3. The highest BCUT2D eigenvalue weighted by Crippen LogP contribution is 2.13. The smallest absolute Gasteiger partial charge is 0.119 e. The van der Waals surface area contributed by atoms with Crippen molar-refractivity contribution in [3.63, 3.8) is 0 Å². The molecule has 0 aliphatic heterocycles. The summed E-state index contributed by atoms with van der Waals surface area (Å²) in [7, 11) is 0. The van der Waals surface area contributed by atoms with Crippen molar-refractivity contribution in [3.05, 3.63) is 78.4 Å². The van der Waals surface area contributed by atoms with Crippen LogP contribution in [0.4, 0.5) is 0 Å². The van der Waals surface area contributed by atoms with Crippen LogP contribution in [0.3, 0.4) is 0 Å². The van der Waals surface area contributed by atoms with Gasteiger partial charge in [0.1, 0.15) is 5.75 Å². The Labute approximate surface area is 154 Å². The fraction of sp³-hybridized carbons (Fsp3) is 0.417. The Balaban J connectivity index is 2.19. The van der Waals surface area contributed by atoms with Gasteiger partial charge in [0.2, 0.25) is 0 Å². The minimum atomic E-state index is 0.511. The molecule has 25 heavy (non-hydrogen) atoms. The fourth-order valence-electron chi connectivity index (χ4n) is 2.29. The van der Waals surface area contributed by atoms with E-state index in [1.807, 2.05) is 12.1 Å². The van der Waals surface area contributed by atoms with Crippen LogP contribution in [0.2, 0.25) is 0 Å². The fourth-order valence-corrected chi connectivity index (χ4v) is 2.29. The molecule has 1 unspecified atom stereocenters. The normalized spacial score (nSPS) is 14.9. The monoisotopic (exact) mass is 338 g/mol. The number of ether oxygens (including phenoxy) is 1. The van der Waals surface area contributed by atoms with Gasteiger partial charge in [-0.15, -0.1) is 0 Å². The highest BCUT2D eigenvalue weighted by molar-refractivity contribution is 5.26. The molecule has 0 fully saturated rings. The molecule has 0 saturated heterocycles. The van der Waals surface area contributed by atoms with Gasteiger partial charge in [-0.3, -0.25) is 0 Å². The number of rotatable bonds is 11. The lowest BCUT2D eigenvalue weighted by molar-refractivity contribution is 0.296. The van der Waals surface area contributed by atoms with Crippen molar-refractivity contribution in [1.29, 1.82) is 0 Å². The van der Waals surface area contributed by atoms with Crippen LogP contribution in [-0.4, -0.2) is 6.61 Å². The predicted octanol–water partition coefficient (Wildman–Crippen LogP) is 7.06. The Kier molecular flexibility index (Phi) is 11.2. The highest BCUT2D eigenvalue weighted by Gasteiger charge is 1.98. The van der Waals surface area contributed by atoms with Gasteiger partial charge in [-0.05, 0) is 50.2 Å². The van der Waals surface area contributed by atoms with E-state index in [4.69, 9.17) is 4.74 Å². The third kappa shape index (κ3) is 11.2. The molecule has 0 radical (unpaired) electrons. The summed E-state index contributed by atoms with van der Waals surface area (Å²) in [6, 6.07) is 8.23. The summed E-state index contributed by atoms with van der Waals surface area (Å²) in [5, 5.41) is 0. The zero-order chi connectivity index (χ0) is 18.3. The molecule has 1 aromatic rings. The third-order valence-electron chi connectivity index (χ3n) is 3.99. The van der Waals surface area contributed by atoms with Gasteiger partial charge in [-0.2, -0.15) is 0 Å². The molecule has 0 aliphatic rings. The molecule has 0 amide bonds. The summed E-state index contributed by atoms with van der Waals surface area (Å²) in [5.41, 5.74) is 1.26. The Morgan fingerprint density at radius 1 is 0.880 bits per heavy atom. The van der Waals surface area contributed by atoms with Gasteiger partial charge in [-0.1, -0.05) is 87.1 Å². The van der Waals surface area contributed by atoms with E-state index in [0.717, 1.165) is 31.6 Å². The lowest BCUT2D eigenvalue weighted by Crippen LogP contribution is -2.02. The molecule has 0 N–H and O–H groups in total. The quantitative estimate of drug-likeness (QED) is 0.310. The average molecular weight is 339 g/mol. The minimum absolute atomic E-state index is 0.511.